The van der Waals surface area contributed by atoms with Gasteiger partial charge in [0.2, 0.25) is 0 Å². The Balaban J connectivity index is 2.09. The maximum Gasteiger partial charge on any atom is 0.266 e. The average Bonchev–Trinajstić information content (AvgIpc) is 2.50. The first kappa shape index (κ1) is 15.1. The number of aryl methyl sites for hydroxylation is 2. The third kappa shape index (κ3) is 3.83. The van der Waals surface area contributed by atoms with Gasteiger partial charge in [-0.3, -0.25) is 4.79 Å². The number of nitriles is 1. The van der Waals surface area contributed by atoms with Gasteiger partial charge in [-0.2, -0.15) is 5.26 Å². The van der Waals surface area contributed by atoms with Gasteiger partial charge in [0.25, 0.3) is 5.91 Å². The van der Waals surface area contributed by atoms with Crippen molar-refractivity contribution in [1.82, 2.24) is 10.2 Å². The van der Waals surface area contributed by atoms with Crippen LogP contribution in [-0.4, -0.2) is 37.0 Å². The Labute approximate surface area is 125 Å². The van der Waals surface area contributed by atoms with Crippen LogP contribution in [0.3, 0.4) is 0 Å². The number of hydrogen-bond acceptors (Lipinski definition) is 4. The molecular formula is C16H20N4O. The van der Waals surface area contributed by atoms with Gasteiger partial charge >= 0.3 is 0 Å². The summed E-state index contributed by atoms with van der Waals surface area (Å²) in [5, 5.41) is 15.4. The number of carbonyl (C=O) groups is 1. The van der Waals surface area contributed by atoms with E-state index in [1.54, 1.807) is 4.90 Å². The lowest BCUT2D eigenvalue weighted by atomic mass is 10.1. The Morgan fingerprint density at radius 2 is 2.10 bits per heavy atom. The second-order valence-electron chi connectivity index (χ2n) is 5.17. The number of rotatable bonds is 3. The zero-order chi connectivity index (χ0) is 15.2. The molecule has 1 saturated heterocycles. The number of nitrogens with one attached hydrogen (secondary N) is 2. The molecule has 0 saturated carbocycles. The van der Waals surface area contributed by atoms with Crippen molar-refractivity contribution in [3.8, 4) is 6.07 Å². The number of anilines is 1. The van der Waals surface area contributed by atoms with Gasteiger partial charge in [-0.15, -0.1) is 0 Å². The van der Waals surface area contributed by atoms with E-state index in [9.17, 15) is 10.1 Å². The van der Waals surface area contributed by atoms with Crippen LogP contribution in [0.5, 0.6) is 0 Å². The molecule has 21 heavy (non-hydrogen) atoms. The number of carbonyl (C=O) groups excluding carboxylic acids is 1. The summed E-state index contributed by atoms with van der Waals surface area (Å²) in [5.41, 5.74) is 3.30. The highest BCUT2D eigenvalue weighted by Gasteiger charge is 2.19. The Morgan fingerprint density at radius 3 is 2.71 bits per heavy atom. The normalized spacial score (nSPS) is 15.5. The molecule has 2 rings (SSSR count). The van der Waals surface area contributed by atoms with Crippen molar-refractivity contribution in [2.45, 2.75) is 13.8 Å². The van der Waals surface area contributed by atoms with Crippen molar-refractivity contribution in [2.24, 2.45) is 0 Å². The fraction of sp³-hybridized carbons (Fsp3) is 0.375. The summed E-state index contributed by atoms with van der Waals surface area (Å²) in [4.78, 5) is 14.0. The van der Waals surface area contributed by atoms with E-state index in [1.165, 1.54) is 11.8 Å². The maximum absolute atomic E-state index is 12.3. The molecule has 2 N–H and O–H groups in total. The first-order chi connectivity index (χ1) is 10.1. The molecule has 0 atom stereocenters. The fourth-order valence-corrected chi connectivity index (χ4v) is 2.31. The standard InChI is InChI=1S/C16H20N4O/c1-12-3-4-15(13(2)9-12)19-11-14(10-17)16(21)20-7-5-18-6-8-20/h3-4,9,11,18-19H,5-8H2,1-2H3/b14-11-. The monoisotopic (exact) mass is 284 g/mol. The molecule has 0 bridgehead atoms. The highest BCUT2D eigenvalue weighted by Crippen LogP contribution is 2.16. The SMILES string of the molecule is Cc1ccc(N/C=C(/C#N)C(=O)N2CCNCC2)c(C)c1. The van der Waals surface area contributed by atoms with E-state index in [0.717, 1.165) is 24.3 Å². The van der Waals surface area contributed by atoms with Crippen LogP contribution in [0.15, 0.2) is 30.0 Å². The zero-order valence-electron chi connectivity index (χ0n) is 12.4. The molecule has 0 spiro atoms. The highest BCUT2D eigenvalue weighted by atomic mass is 16.2. The molecule has 1 aliphatic rings. The second kappa shape index (κ2) is 6.91. The van der Waals surface area contributed by atoms with E-state index >= 15 is 0 Å². The third-order valence-corrected chi connectivity index (χ3v) is 3.51. The topological polar surface area (TPSA) is 68.2 Å². The van der Waals surface area contributed by atoms with Crippen LogP contribution in [0.2, 0.25) is 0 Å². The lowest BCUT2D eigenvalue weighted by Gasteiger charge is -2.27. The maximum atomic E-state index is 12.3. The minimum Gasteiger partial charge on any atom is -0.360 e. The van der Waals surface area contributed by atoms with Gasteiger partial charge in [-0.1, -0.05) is 17.7 Å². The lowest BCUT2D eigenvalue weighted by molar-refractivity contribution is -0.127. The Morgan fingerprint density at radius 1 is 1.38 bits per heavy atom. The molecule has 0 aromatic heterocycles. The molecule has 5 nitrogen and oxygen atoms in total. The van der Waals surface area contributed by atoms with Crippen LogP contribution < -0.4 is 10.6 Å². The predicted octanol–water partition coefficient (Wildman–Crippen LogP) is 1.55. The first-order valence-electron chi connectivity index (χ1n) is 7.06. The van der Waals surface area contributed by atoms with Crippen LogP contribution in [0.4, 0.5) is 5.69 Å². The molecule has 1 amide bonds. The quantitative estimate of drug-likeness (QED) is 0.653. The summed E-state index contributed by atoms with van der Waals surface area (Å²) in [6.07, 6.45) is 1.50. The number of hydrogen-bond donors (Lipinski definition) is 2. The summed E-state index contributed by atoms with van der Waals surface area (Å²) < 4.78 is 0. The van der Waals surface area contributed by atoms with Crippen molar-refractivity contribution >= 4 is 11.6 Å². The molecule has 0 unspecified atom stereocenters. The molecule has 1 heterocycles. The number of nitrogens with zero attached hydrogens (tertiary/aromatic N) is 2. The van der Waals surface area contributed by atoms with E-state index in [2.05, 4.69) is 16.7 Å². The zero-order valence-corrected chi connectivity index (χ0v) is 12.4. The number of benzene rings is 1. The molecule has 1 aliphatic heterocycles. The van der Waals surface area contributed by atoms with Gasteiger partial charge in [0.1, 0.15) is 11.6 Å². The number of amides is 1. The van der Waals surface area contributed by atoms with E-state index in [-0.39, 0.29) is 11.5 Å². The van der Waals surface area contributed by atoms with Crippen LogP contribution in [0.25, 0.3) is 0 Å². The minimum absolute atomic E-state index is 0.136. The van der Waals surface area contributed by atoms with Gasteiger partial charge < -0.3 is 15.5 Å². The summed E-state index contributed by atoms with van der Waals surface area (Å²) in [6, 6.07) is 7.99. The van der Waals surface area contributed by atoms with Gasteiger partial charge in [-0.25, -0.2) is 0 Å². The number of piperazine rings is 1. The molecule has 1 aromatic rings. The van der Waals surface area contributed by atoms with Gasteiger partial charge in [-0.05, 0) is 25.5 Å². The van der Waals surface area contributed by atoms with Crippen molar-refractivity contribution < 1.29 is 4.79 Å². The minimum atomic E-state index is -0.212. The molecule has 1 fully saturated rings. The van der Waals surface area contributed by atoms with Crippen LogP contribution in [0, 0.1) is 25.2 Å². The van der Waals surface area contributed by atoms with Gasteiger partial charge in [0.15, 0.2) is 0 Å². The van der Waals surface area contributed by atoms with Crippen LogP contribution >= 0.6 is 0 Å². The molecular weight excluding hydrogens is 264 g/mol. The summed E-state index contributed by atoms with van der Waals surface area (Å²) >= 11 is 0. The lowest BCUT2D eigenvalue weighted by Crippen LogP contribution is -2.46. The molecule has 1 aromatic carbocycles. The highest BCUT2D eigenvalue weighted by molar-refractivity contribution is 5.97. The van der Waals surface area contributed by atoms with E-state index in [4.69, 9.17) is 0 Å². The van der Waals surface area contributed by atoms with Crippen LogP contribution in [-0.2, 0) is 4.79 Å². The Hall–Kier alpha value is -2.32. The van der Waals surface area contributed by atoms with Crippen LogP contribution in [0.1, 0.15) is 11.1 Å². The van der Waals surface area contributed by atoms with Crippen molar-refractivity contribution in [3.05, 3.63) is 41.1 Å². The molecule has 0 aliphatic carbocycles. The van der Waals surface area contributed by atoms with E-state index < -0.39 is 0 Å². The van der Waals surface area contributed by atoms with Gasteiger partial charge in [0.05, 0.1) is 0 Å². The average molecular weight is 284 g/mol. The molecule has 110 valence electrons. The predicted molar refractivity (Wildman–Crippen MR) is 82.7 cm³/mol. The summed E-state index contributed by atoms with van der Waals surface area (Å²) in [6.45, 7) is 6.85. The summed E-state index contributed by atoms with van der Waals surface area (Å²) in [5.74, 6) is -0.212. The fourth-order valence-electron chi connectivity index (χ4n) is 2.31. The van der Waals surface area contributed by atoms with E-state index in [1.807, 2.05) is 32.0 Å². The van der Waals surface area contributed by atoms with Crippen molar-refractivity contribution in [1.29, 1.82) is 5.26 Å². The van der Waals surface area contributed by atoms with Gasteiger partial charge in [0, 0.05) is 38.1 Å². The molecule has 0 radical (unpaired) electrons. The Kier molecular flexibility index (Phi) is 4.96. The first-order valence-corrected chi connectivity index (χ1v) is 7.06. The largest absolute Gasteiger partial charge is 0.360 e. The Bertz CT molecular complexity index is 595. The molecule has 5 heteroatoms. The second-order valence-corrected chi connectivity index (χ2v) is 5.17. The van der Waals surface area contributed by atoms with Crippen molar-refractivity contribution in [3.63, 3.8) is 0 Å². The smallest absolute Gasteiger partial charge is 0.266 e. The summed E-state index contributed by atoms with van der Waals surface area (Å²) in [7, 11) is 0. The van der Waals surface area contributed by atoms with Crippen molar-refractivity contribution in [2.75, 3.05) is 31.5 Å². The van der Waals surface area contributed by atoms with E-state index in [0.29, 0.717) is 13.1 Å². The third-order valence-electron chi connectivity index (χ3n) is 3.51.